The highest BCUT2D eigenvalue weighted by molar-refractivity contribution is 6.30. The molecule has 4 radical (unpaired) electrons. The molecule has 26 heavy (non-hydrogen) atoms. The number of hydrogen-bond donors (Lipinski definition) is 0. The van der Waals surface area contributed by atoms with Crippen molar-refractivity contribution in [2.45, 2.75) is 13.0 Å². The number of rotatable bonds is 1. The van der Waals surface area contributed by atoms with Crippen LogP contribution in [0.2, 0.25) is 5.02 Å². The average molecular weight is 357 g/mol. The SMILES string of the molecule is [CH]c1c([CH])c(-c2ccc(Cl)cc2)n2c1Cc1c(n(C)c3ccccc13)C2. The fourth-order valence-corrected chi connectivity index (χ4v) is 4.36. The molecule has 1 aliphatic rings. The first kappa shape index (κ1) is 15.8. The number of nitrogens with zero attached hydrogens (tertiary/aromatic N) is 2. The summed E-state index contributed by atoms with van der Waals surface area (Å²) in [4.78, 5) is 0. The van der Waals surface area contributed by atoms with Gasteiger partial charge in [0.2, 0.25) is 0 Å². The molecule has 1 aliphatic heterocycles. The zero-order valence-electron chi connectivity index (χ0n) is 14.5. The van der Waals surface area contributed by atoms with E-state index in [9.17, 15) is 0 Å². The fourth-order valence-electron chi connectivity index (χ4n) is 4.23. The van der Waals surface area contributed by atoms with Crippen LogP contribution >= 0.6 is 11.6 Å². The van der Waals surface area contributed by atoms with Crippen LogP contribution in [0, 0.1) is 13.8 Å². The normalized spacial score (nSPS) is 13.1. The van der Waals surface area contributed by atoms with Crippen LogP contribution in [0.25, 0.3) is 22.2 Å². The summed E-state index contributed by atoms with van der Waals surface area (Å²) in [5.41, 5.74) is 8.36. The monoisotopic (exact) mass is 356 g/mol. The van der Waals surface area contributed by atoms with Crippen LogP contribution in [0.3, 0.4) is 0 Å². The molecule has 0 amide bonds. The Kier molecular flexibility index (Phi) is 3.35. The third-order valence-electron chi connectivity index (χ3n) is 5.57. The zero-order chi connectivity index (χ0) is 18.0. The lowest BCUT2D eigenvalue weighted by molar-refractivity contribution is 0.676. The largest absolute Gasteiger partial charge is 0.346 e. The van der Waals surface area contributed by atoms with Gasteiger partial charge in [-0.3, -0.25) is 0 Å². The molecule has 5 rings (SSSR count). The van der Waals surface area contributed by atoms with Gasteiger partial charge in [0.05, 0.1) is 12.2 Å². The van der Waals surface area contributed by atoms with Crippen molar-refractivity contribution < 1.29 is 0 Å². The van der Waals surface area contributed by atoms with Gasteiger partial charge >= 0.3 is 0 Å². The molecule has 0 saturated carbocycles. The Bertz CT molecular complexity index is 1160. The molecule has 3 heteroatoms. The van der Waals surface area contributed by atoms with Crippen LogP contribution in [0.15, 0.2) is 48.5 Å². The molecule has 3 heterocycles. The van der Waals surface area contributed by atoms with Gasteiger partial charge in [-0.25, -0.2) is 0 Å². The highest BCUT2D eigenvalue weighted by Crippen LogP contribution is 2.39. The van der Waals surface area contributed by atoms with Crippen LogP contribution in [0.4, 0.5) is 0 Å². The van der Waals surface area contributed by atoms with Gasteiger partial charge in [-0.2, -0.15) is 0 Å². The van der Waals surface area contributed by atoms with Crippen molar-refractivity contribution in [1.29, 1.82) is 0 Å². The maximum Gasteiger partial charge on any atom is 0.0634 e. The van der Waals surface area contributed by atoms with Crippen molar-refractivity contribution in [2.24, 2.45) is 7.05 Å². The molecule has 0 fully saturated rings. The molecular weight excluding hydrogens is 340 g/mol. The maximum atomic E-state index is 6.42. The Morgan fingerprint density at radius 3 is 2.42 bits per heavy atom. The predicted octanol–water partition coefficient (Wildman–Crippen LogP) is 5.37. The molecule has 2 nitrogen and oxygen atoms in total. The molecule has 0 saturated heterocycles. The van der Waals surface area contributed by atoms with E-state index in [0.717, 1.165) is 29.9 Å². The Morgan fingerprint density at radius 2 is 1.65 bits per heavy atom. The standard InChI is InChI=1S/C23H17ClN2/c1-14-15(2)23(16-8-10-17(24)11-9-16)26-13-22-19(12-21(14)26)18-6-4-5-7-20(18)25(22)3/h1-2,4-11H,12-13H2,3H3. The number of fused-ring (bicyclic) bond motifs is 4. The Labute approximate surface area is 158 Å². The topological polar surface area (TPSA) is 9.86 Å². The fraction of sp³-hybridized carbons (Fsp3) is 0.130. The second kappa shape index (κ2) is 5.52. The van der Waals surface area contributed by atoms with Gasteiger partial charge in [0, 0.05) is 54.6 Å². The number of para-hydroxylation sites is 1. The molecule has 126 valence electrons. The molecule has 0 spiro atoms. The minimum Gasteiger partial charge on any atom is -0.346 e. The van der Waals surface area contributed by atoms with Crippen molar-refractivity contribution in [3.8, 4) is 11.3 Å². The van der Waals surface area contributed by atoms with Crippen LogP contribution < -0.4 is 0 Å². The first-order chi connectivity index (χ1) is 12.6. The van der Waals surface area contributed by atoms with Crippen molar-refractivity contribution in [1.82, 2.24) is 9.13 Å². The van der Waals surface area contributed by atoms with E-state index in [1.54, 1.807) is 0 Å². The van der Waals surface area contributed by atoms with Crippen molar-refractivity contribution in [3.63, 3.8) is 0 Å². The van der Waals surface area contributed by atoms with Gasteiger partial charge in [-0.15, -0.1) is 0 Å². The summed E-state index contributed by atoms with van der Waals surface area (Å²) >= 11 is 6.05. The molecule has 2 aromatic carbocycles. The van der Waals surface area contributed by atoms with Gasteiger partial charge in [-0.05, 0) is 40.5 Å². The third kappa shape index (κ3) is 2.05. The second-order valence-electron chi connectivity index (χ2n) is 6.89. The quantitative estimate of drug-likeness (QED) is 0.382. The second-order valence-corrected chi connectivity index (χ2v) is 7.33. The summed E-state index contributed by atoms with van der Waals surface area (Å²) in [6.45, 7) is 13.6. The molecule has 4 aromatic rings. The molecule has 0 bridgehead atoms. The van der Waals surface area contributed by atoms with Gasteiger partial charge in [0.25, 0.3) is 0 Å². The summed E-state index contributed by atoms with van der Waals surface area (Å²) in [7, 11) is 2.13. The van der Waals surface area contributed by atoms with E-state index >= 15 is 0 Å². The molecular formula is C23H17ClN2. The minimum atomic E-state index is 0.652. The van der Waals surface area contributed by atoms with Crippen molar-refractivity contribution >= 4 is 22.5 Å². The molecule has 0 N–H and O–H groups in total. The van der Waals surface area contributed by atoms with E-state index in [1.165, 1.54) is 22.2 Å². The first-order valence-corrected chi connectivity index (χ1v) is 9.01. The average Bonchev–Trinajstić information content (AvgIpc) is 3.07. The number of benzene rings is 2. The van der Waals surface area contributed by atoms with E-state index in [4.69, 9.17) is 25.4 Å². The van der Waals surface area contributed by atoms with Gasteiger partial charge in [-0.1, -0.05) is 41.9 Å². The highest BCUT2D eigenvalue weighted by Gasteiger charge is 2.27. The number of aromatic nitrogens is 2. The molecule has 2 aromatic heterocycles. The Balaban J connectivity index is 1.74. The summed E-state index contributed by atoms with van der Waals surface area (Å²) in [5, 5.41) is 2.00. The van der Waals surface area contributed by atoms with Crippen molar-refractivity contribution in [3.05, 3.63) is 95.5 Å². The summed E-state index contributed by atoms with van der Waals surface area (Å²) in [6.07, 6.45) is 0.792. The van der Waals surface area contributed by atoms with Crippen LogP contribution in [0.5, 0.6) is 0 Å². The van der Waals surface area contributed by atoms with Crippen LogP contribution in [-0.4, -0.2) is 9.13 Å². The number of aryl methyl sites for hydroxylation is 1. The van der Waals surface area contributed by atoms with E-state index in [-0.39, 0.29) is 0 Å². The smallest absolute Gasteiger partial charge is 0.0634 e. The van der Waals surface area contributed by atoms with E-state index in [2.05, 4.69) is 40.4 Å². The van der Waals surface area contributed by atoms with E-state index < -0.39 is 0 Å². The van der Waals surface area contributed by atoms with Gasteiger partial charge in [0.1, 0.15) is 0 Å². The zero-order valence-corrected chi connectivity index (χ0v) is 15.2. The van der Waals surface area contributed by atoms with E-state index in [0.29, 0.717) is 16.1 Å². The summed E-state index contributed by atoms with van der Waals surface area (Å²) in [5.74, 6) is 0. The highest BCUT2D eigenvalue weighted by atomic mass is 35.5. The van der Waals surface area contributed by atoms with Gasteiger partial charge < -0.3 is 9.13 Å². The molecule has 0 unspecified atom stereocenters. The number of halogens is 1. The van der Waals surface area contributed by atoms with Crippen LogP contribution in [0.1, 0.15) is 28.1 Å². The first-order valence-electron chi connectivity index (χ1n) is 8.63. The summed E-state index contributed by atoms with van der Waals surface area (Å²) < 4.78 is 4.54. The predicted molar refractivity (Wildman–Crippen MR) is 107 cm³/mol. The maximum absolute atomic E-state index is 6.42. The van der Waals surface area contributed by atoms with E-state index in [1.807, 2.05) is 24.3 Å². The Morgan fingerprint density at radius 1 is 0.923 bits per heavy atom. The molecule has 0 aliphatic carbocycles. The van der Waals surface area contributed by atoms with Gasteiger partial charge in [0.15, 0.2) is 0 Å². The lowest BCUT2D eigenvalue weighted by atomic mass is 10.00. The lowest BCUT2D eigenvalue weighted by Crippen LogP contribution is -2.16. The molecule has 0 atom stereocenters. The number of hydrogen-bond acceptors (Lipinski definition) is 0. The Hall–Kier alpha value is -2.45. The summed E-state index contributed by atoms with van der Waals surface area (Å²) in [6, 6.07) is 16.3. The van der Waals surface area contributed by atoms with Crippen LogP contribution in [-0.2, 0) is 20.0 Å². The third-order valence-corrected chi connectivity index (χ3v) is 5.82. The lowest BCUT2D eigenvalue weighted by Gasteiger charge is -2.21. The van der Waals surface area contributed by atoms with Crippen molar-refractivity contribution in [2.75, 3.05) is 0 Å². The minimum absolute atomic E-state index is 0.652.